The number of benzene rings is 2. The van der Waals surface area contributed by atoms with Gasteiger partial charge in [-0.25, -0.2) is 4.90 Å². The van der Waals surface area contributed by atoms with Gasteiger partial charge in [0, 0.05) is 11.5 Å². The van der Waals surface area contributed by atoms with Crippen LogP contribution in [-0.4, -0.2) is 45.6 Å². The summed E-state index contributed by atoms with van der Waals surface area (Å²) in [6.45, 7) is 3.87. The second-order valence-electron chi connectivity index (χ2n) is 10.6. The average molecular weight is 517 g/mol. The minimum Gasteiger partial charge on any atom is -0.504 e. The van der Waals surface area contributed by atoms with Crippen LogP contribution in [0.25, 0.3) is 0 Å². The number of carbonyl (C=O) groups excluding carboxylic acids is 4. The molecule has 6 rings (SSSR count). The molecule has 9 nitrogen and oxygen atoms in total. The number of allylic oxidation sites excluding steroid dienone is 2. The monoisotopic (exact) mass is 516 g/mol. The Kier molecular flexibility index (Phi) is 5.47. The summed E-state index contributed by atoms with van der Waals surface area (Å²) >= 11 is 0. The summed E-state index contributed by atoms with van der Waals surface area (Å²) in [7, 11) is 0. The topological polar surface area (TPSA) is 124 Å². The van der Waals surface area contributed by atoms with Gasteiger partial charge in [0.05, 0.1) is 35.5 Å². The van der Waals surface area contributed by atoms with Crippen LogP contribution >= 0.6 is 0 Å². The van der Waals surface area contributed by atoms with Crippen LogP contribution in [0.4, 0.5) is 5.69 Å². The molecule has 0 radical (unpaired) electrons. The van der Waals surface area contributed by atoms with Gasteiger partial charge in [-0.05, 0) is 50.8 Å². The normalized spacial score (nSPS) is 32.2. The number of imide groups is 2. The van der Waals surface area contributed by atoms with Gasteiger partial charge in [0.25, 0.3) is 11.8 Å². The molecule has 196 valence electrons. The number of fused-ring (bicyclic) bond motifs is 4. The number of phenols is 1. The van der Waals surface area contributed by atoms with E-state index in [4.69, 9.17) is 4.74 Å². The van der Waals surface area contributed by atoms with Gasteiger partial charge >= 0.3 is 0 Å². The van der Waals surface area contributed by atoms with Crippen LogP contribution in [-0.2, 0) is 19.2 Å². The first-order chi connectivity index (χ1) is 18.2. The molecule has 38 heavy (non-hydrogen) atoms. The Balaban J connectivity index is 1.56. The minimum atomic E-state index is -1.27. The molecule has 2 aromatic carbocycles. The Morgan fingerprint density at radius 2 is 1.71 bits per heavy atom. The first kappa shape index (κ1) is 24.4. The zero-order valence-corrected chi connectivity index (χ0v) is 21.0. The Bertz CT molecular complexity index is 1400. The molecular weight excluding hydrogens is 488 g/mol. The van der Waals surface area contributed by atoms with E-state index >= 15 is 0 Å². The van der Waals surface area contributed by atoms with Crippen LogP contribution in [0.5, 0.6) is 11.5 Å². The quantitative estimate of drug-likeness (QED) is 0.363. The van der Waals surface area contributed by atoms with E-state index in [0.717, 1.165) is 5.57 Å². The number of hydrogen-bond acceptors (Lipinski definition) is 7. The highest BCUT2D eigenvalue weighted by Gasteiger charge is 2.68. The number of ether oxygens (including phenoxy) is 1. The predicted octanol–water partition coefficient (Wildman–Crippen LogP) is 3.41. The summed E-state index contributed by atoms with van der Waals surface area (Å²) in [6.07, 6.45) is 2.25. The maximum atomic E-state index is 14.2. The van der Waals surface area contributed by atoms with Gasteiger partial charge in [-0.3, -0.25) is 24.4 Å². The third kappa shape index (κ3) is 3.08. The maximum absolute atomic E-state index is 14.2. The SMILES string of the molecule is CCOc1cccc([C@H]2C3=CC[C@@H]4C(=O)N(O)C(=O)[C@@H]4[C@@H]3C[C@H]3C(=O)N(c4ccccc4)C(=O)[C@@]23C)c1O. The summed E-state index contributed by atoms with van der Waals surface area (Å²) in [6, 6.07) is 13.8. The summed E-state index contributed by atoms with van der Waals surface area (Å²) in [5, 5.41) is 21.7. The van der Waals surface area contributed by atoms with Gasteiger partial charge in [0.1, 0.15) is 0 Å². The van der Waals surface area contributed by atoms with E-state index in [2.05, 4.69) is 0 Å². The van der Waals surface area contributed by atoms with Gasteiger partial charge in [-0.15, -0.1) is 0 Å². The molecule has 4 amide bonds. The number of rotatable bonds is 4. The highest BCUT2D eigenvalue weighted by atomic mass is 16.5. The summed E-state index contributed by atoms with van der Waals surface area (Å²) < 4.78 is 5.63. The zero-order valence-electron chi connectivity index (χ0n) is 21.0. The van der Waals surface area contributed by atoms with E-state index in [9.17, 15) is 29.5 Å². The summed E-state index contributed by atoms with van der Waals surface area (Å²) in [5.41, 5.74) is 0.329. The molecule has 1 saturated carbocycles. The number of amides is 4. The lowest BCUT2D eigenvalue weighted by Crippen LogP contribution is -2.48. The lowest BCUT2D eigenvalue weighted by Gasteiger charge is -2.49. The second kappa shape index (κ2) is 8.52. The van der Waals surface area contributed by atoms with Crippen molar-refractivity contribution in [1.82, 2.24) is 5.06 Å². The van der Waals surface area contributed by atoms with Crippen molar-refractivity contribution in [3.8, 4) is 11.5 Å². The number of anilines is 1. The fourth-order valence-electron chi connectivity index (χ4n) is 7.21. The number of hydrogen-bond donors (Lipinski definition) is 2. The Morgan fingerprint density at radius 1 is 0.974 bits per heavy atom. The molecule has 2 heterocycles. The second-order valence-corrected chi connectivity index (χ2v) is 10.6. The number of hydroxylamine groups is 2. The van der Waals surface area contributed by atoms with Crippen LogP contribution in [0.3, 0.4) is 0 Å². The van der Waals surface area contributed by atoms with Crippen molar-refractivity contribution < 1.29 is 34.2 Å². The van der Waals surface area contributed by atoms with Crippen LogP contribution < -0.4 is 9.64 Å². The Labute approximate surface area is 219 Å². The van der Waals surface area contributed by atoms with E-state index in [0.29, 0.717) is 17.9 Å². The fraction of sp³-hybridized carbons (Fsp3) is 0.379. The molecule has 0 aromatic heterocycles. The van der Waals surface area contributed by atoms with Crippen molar-refractivity contribution in [3.63, 3.8) is 0 Å². The number of phenolic OH excluding ortho intramolecular Hbond substituents is 1. The van der Waals surface area contributed by atoms with Crippen LogP contribution in [0, 0.1) is 29.1 Å². The molecule has 3 fully saturated rings. The molecule has 0 unspecified atom stereocenters. The van der Waals surface area contributed by atoms with Gasteiger partial charge in [0.2, 0.25) is 11.8 Å². The average Bonchev–Trinajstić information content (AvgIpc) is 3.26. The van der Waals surface area contributed by atoms with Gasteiger partial charge in [-0.1, -0.05) is 42.0 Å². The molecule has 2 aliphatic carbocycles. The Morgan fingerprint density at radius 3 is 2.42 bits per heavy atom. The van der Waals surface area contributed by atoms with E-state index in [1.165, 1.54) is 4.90 Å². The minimum absolute atomic E-state index is 0.126. The lowest BCUT2D eigenvalue weighted by molar-refractivity contribution is -0.173. The number of nitrogens with zero attached hydrogens (tertiary/aromatic N) is 2. The maximum Gasteiger partial charge on any atom is 0.257 e. The molecule has 4 aliphatic rings. The largest absolute Gasteiger partial charge is 0.504 e. The van der Waals surface area contributed by atoms with Crippen molar-refractivity contribution >= 4 is 29.3 Å². The van der Waals surface area contributed by atoms with Gasteiger partial charge in [0.15, 0.2) is 11.5 Å². The smallest absolute Gasteiger partial charge is 0.257 e. The standard InChI is InChI=1S/C29H28N2O7/c1-3-38-21-11-7-10-18(24(21)32)23-16-12-13-17-22(27(35)31(37)25(17)33)19(16)14-20-26(34)30(28(36)29(20,23)2)15-8-5-4-6-9-15/h4-12,17,19-20,22-23,32,37H,3,13-14H2,1-2H3/t17-,19+,20-,22-,23+,29+/m0/s1. The van der Waals surface area contributed by atoms with E-state index in [-0.39, 0.29) is 41.2 Å². The lowest BCUT2D eigenvalue weighted by atomic mass is 9.51. The predicted molar refractivity (Wildman–Crippen MR) is 134 cm³/mol. The first-order valence-electron chi connectivity index (χ1n) is 12.9. The fourth-order valence-corrected chi connectivity index (χ4v) is 7.21. The van der Waals surface area contributed by atoms with Crippen LogP contribution in [0.15, 0.2) is 60.2 Å². The highest BCUT2D eigenvalue weighted by Crippen LogP contribution is 2.64. The zero-order chi connectivity index (χ0) is 26.9. The van der Waals surface area contributed by atoms with E-state index in [1.54, 1.807) is 62.4 Å². The molecule has 2 N–H and O–H groups in total. The molecule has 6 atom stereocenters. The first-order valence-corrected chi connectivity index (χ1v) is 12.9. The summed E-state index contributed by atoms with van der Waals surface area (Å²) in [4.78, 5) is 55.1. The van der Waals surface area contributed by atoms with Crippen molar-refractivity contribution in [3.05, 3.63) is 65.7 Å². The van der Waals surface area contributed by atoms with E-state index < -0.39 is 46.8 Å². The third-order valence-corrected chi connectivity index (χ3v) is 8.91. The van der Waals surface area contributed by atoms with E-state index in [1.807, 2.05) is 6.08 Å². The highest BCUT2D eigenvalue weighted by molar-refractivity contribution is 6.24. The molecule has 2 saturated heterocycles. The van der Waals surface area contributed by atoms with Crippen molar-refractivity contribution in [1.29, 1.82) is 0 Å². The van der Waals surface area contributed by atoms with Crippen molar-refractivity contribution in [2.45, 2.75) is 32.6 Å². The van der Waals surface area contributed by atoms with Gasteiger partial charge in [-0.2, -0.15) is 5.06 Å². The van der Waals surface area contributed by atoms with Gasteiger partial charge < -0.3 is 9.84 Å². The molecule has 0 bridgehead atoms. The number of aromatic hydroxyl groups is 1. The number of carbonyl (C=O) groups is 4. The Hall–Kier alpha value is -3.98. The van der Waals surface area contributed by atoms with Crippen LogP contribution in [0.1, 0.15) is 38.2 Å². The van der Waals surface area contributed by atoms with Crippen molar-refractivity contribution in [2.75, 3.05) is 11.5 Å². The molecule has 0 spiro atoms. The van der Waals surface area contributed by atoms with Crippen molar-refractivity contribution in [2.24, 2.45) is 29.1 Å². The number of para-hydroxylation sites is 2. The molecule has 2 aliphatic heterocycles. The molecular formula is C29H28N2O7. The van der Waals surface area contributed by atoms with Crippen LogP contribution in [0.2, 0.25) is 0 Å². The summed E-state index contributed by atoms with van der Waals surface area (Å²) in [5.74, 6) is -5.68. The molecule has 9 heteroatoms. The molecule has 2 aromatic rings. The third-order valence-electron chi connectivity index (χ3n) is 8.91.